The third-order valence-corrected chi connectivity index (χ3v) is 3.86. The first-order chi connectivity index (χ1) is 9.33. The average molecular weight is 260 g/mol. The number of aliphatic hydroxyl groups excluding tert-OH is 1. The van der Waals surface area contributed by atoms with Crippen LogP contribution < -0.4 is 5.32 Å². The van der Waals surface area contributed by atoms with E-state index in [1.807, 2.05) is 22.9 Å². The second-order valence-corrected chi connectivity index (χ2v) is 5.36. The number of hydrogen-bond acceptors (Lipinski definition) is 4. The first kappa shape index (κ1) is 12.6. The minimum absolute atomic E-state index is 0.0967. The van der Waals surface area contributed by atoms with Crippen LogP contribution in [0.3, 0.4) is 0 Å². The molecule has 5 nitrogen and oxygen atoms in total. The summed E-state index contributed by atoms with van der Waals surface area (Å²) >= 11 is 0. The maximum atomic E-state index is 9.65. The molecule has 0 aliphatic heterocycles. The van der Waals surface area contributed by atoms with E-state index >= 15 is 0 Å². The lowest BCUT2D eigenvalue weighted by Crippen LogP contribution is -2.29. The lowest BCUT2D eigenvalue weighted by atomic mass is 9.87. The van der Waals surface area contributed by atoms with Gasteiger partial charge >= 0.3 is 0 Å². The van der Waals surface area contributed by atoms with E-state index in [1.165, 1.54) is 6.42 Å². The molecule has 2 N–H and O–H groups in total. The number of hydrogen-bond donors (Lipinski definition) is 2. The highest BCUT2D eigenvalue weighted by atomic mass is 16.3. The number of nitrogens with zero attached hydrogens (tertiary/aromatic N) is 3. The van der Waals surface area contributed by atoms with E-state index in [0.29, 0.717) is 5.92 Å². The molecule has 2 heterocycles. The first-order valence-corrected chi connectivity index (χ1v) is 6.98. The second kappa shape index (κ2) is 5.67. The van der Waals surface area contributed by atoms with Crippen LogP contribution in [0.15, 0.2) is 24.7 Å². The van der Waals surface area contributed by atoms with Gasteiger partial charge in [0.2, 0.25) is 5.78 Å². The van der Waals surface area contributed by atoms with Gasteiger partial charge in [-0.05, 0) is 37.8 Å². The van der Waals surface area contributed by atoms with Gasteiger partial charge in [0.25, 0.3) is 0 Å². The molecule has 0 bridgehead atoms. The number of nitrogens with one attached hydrogen (secondary N) is 1. The van der Waals surface area contributed by atoms with Crippen LogP contribution in [0.25, 0.3) is 5.78 Å². The van der Waals surface area contributed by atoms with Crippen LogP contribution >= 0.6 is 0 Å². The molecule has 1 aliphatic rings. The fourth-order valence-electron chi connectivity index (χ4n) is 2.86. The molecule has 2 aromatic heterocycles. The summed E-state index contributed by atoms with van der Waals surface area (Å²) in [6.45, 7) is 1.75. The molecule has 0 saturated heterocycles. The predicted molar refractivity (Wildman–Crippen MR) is 72.7 cm³/mol. The van der Waals surface area contributed by atoms with Crippen molar-refractivity contribution in [2.75, 3.05) is 6.54 Å². The molecule has 0 amide bonds. The molecule has 19 heavy (non-hydrogen) atoms. The molecule has 2 atom stereocenters. The molecular formula is C14H20N4O. The predicted octanol–water partition coefficient (Wildman–Crippen LogP) is 1.37. The fourth-order valence-corrected chi connectivity index (χ4v) is 2.86. The second-order valence-electron chi connectivity index (χ2n) is 5.36. The third-order valence-electron chi connectivity index (χ3n) is 3.86. The smallest absolute Gasteiger partial charge is 0.233 e. The molecule has 1 fully saturated rings. The minimum atomic E-state index is -0.0967. The Morgan fingerprint density at radius 1 is 1.37 bits per heavy atom. The molecule has 2 aromatic rings. The van der Waals surface area contributed by atoms with Crippen molar-refractivity contribution in [2.45, 2.75) is 38.3 Å². The zero-order chi connectivity index (χ0) is 13.1. The average Bonchev–Trinajstić information content (AvgIpc) is 2.83. The molecule has 1 saturated carbocycles. The standard InChI is InChI=1S/C14H20N4O/c19-13-4-1-3-11(7-13)8-15-9-12-10-17-14-16-5-2-6-18(12)14/h2,5-6,10-11,13,15,19H,1,3-4,7-9H2. The van der Waals surface area contributed by atoms with Crippen LogP contribution in [0.5, 0.6) is 0 Å². The zero-order valence-electron chi connectivity index (χ0n) is 11.0. The number of imidazole rings is 1. The van der Waals surface area contributed by atoms with Gasteiger partial charge in [-0.15, -0.1) is 0 Å². The normalized spacial score (nSPS) is 23.8. The first-order valence-electron chi connectivity index (χ1n) is 6.98. The number of aliphatic hydroxyl groups is 1. The van der Waals surface area contributed by atoms with Crippen molar-refractivity contribution in [3.63, 3.8) is 0 Å². The van der Waals surface area contributed by atoms with Crippen LogP contribution in [0.2, 0.25) is 0 Å². The Labute approximate surface area is 112 Å². The van der Waals surface area contributed by atoms with Crippen molar-refractivity contribution in [2.24, 2.45) is 5.92 Å². The Hall–Kier alpha value is -1.46. The van der Waals surface area contributed by atoms with E-state index in [1.54, 1.807) is 6.20 Å². The van der Waals surface area contributed by atoms with Gasteiger partial charge in [-0.3, -0.25) is 4.40 Å². The van der Waals surface area contributed by atoms with Gasteiger partial charge in [0.05, 0.1) is 18.0 Å². The van der Waals surface area contributed by atoms with Gasteiger partial charge in [-0.2, -0.15) is 0 Å². The summed E-state index contributed by atoms with van der Waals surface area (Å²) in [5.41, 5.74) is 1.12. The van der Waals surface area contributed by atoms with Crippen LogP contribution in [-0.4, -0.2) is 32.1 Å². The third kappa shape index (κ3) is 2.93. The number of rotatable bonds is 4. The van der Waals surface area contributed by atoms with Gasteiger partial charge in [0.15, 0.2) is 0 Å². The van der Waals surface area contributed by atoms with Crippen LogP contribution in [0.1, 0.15) is 31.4 Å². The van der Waals surface area contributed by atoms with E-state index in [2.05, 4.69) is 15.3 Å². The highest BCUT2D eigenvalue weighted by Gasteiger charge is 2.19. The number of aromatic nitrogens is 3. The maximum Gasteiger partial charge on any atom is 0.233 e. The molecule has 0 aromatic carbocycles. The summed E-state index contributed by atoms with van der Waals surface area (Å²) in [7, 11) is 0. The Bertz CT molecular complexity index is 539. The Kier molecular flexibility index (Phi) is 3.75. The van der Waals surface area contributed by atoms with Crippen molar-refractivity contribution < 1.29 is 5.11 Å². The fraction of sp³-hybridized carbons (Fsp3) is 0.571. The minimum Gasteiger partial charge on any atom is -0.393 e. The molecular weight excluding hydrogens is 240 g/mol. The van der Waals surface area contributed by atoms with Gasteiger partial charge < -0.3 is 10.4 Å². The lowest BCUT2D eigenvalue weighted by molar-refractivity contribution is 0.101. The summed E-state index contributed by atoms with van der Waals surface area (Å²) in [5.74, 6) is 1.34. The molecule has 0 spiro atoms. The van der Waals surface area contributed by atoms with Crippen LogP contribution in [0, 0.1) is 5.92 Å². The highest BCUT2D eigenvalue weighted by Crippen LogP contribution is 2.23. The lowest BCUT2D eigenvalue weighted by Gasteiger charge is -2.25. The largest absolute Gasteiger partial charge is 0.393 e. The zero-order valence-corrected chi connectivity index (χ0v) is 11.0. The van der Waals surface area contributed by atoms with E-state index < -0.39 is 0 Å². The van der Waals surface area contributed by atoms with Crippen molar-refractivity contribution in [1.82, 2.24) is 19.7 Å². The van der Waals surface area contributed by atoms with Gasteiger partial charge in [-0.1, -0.05) is 6.42 Å². The Morgan fingerprint density at radius 3 is 3.21 bits per heavy atom. The van der Waals surface area contributed by atoms with E-state index in [4.69, 9.17) is 0 Å². The van der Waals surface area contributed by atoms with Crippen molar-refractivity contribution >= 4 is 5.78 Å². The van der Waals surface area contributed by atoms with Crippen molar-refractivity contribution in [1.29, 1.82) is 0 Å². The van der Waals surface area contributed by atoms with Crippen LogP contribution in [0.4, 0.5) is 0 Å². The van der Waals surface area contributed by atoms with Crippen molar-refractivity contribution in [3.05, 3.63) is 30.4 Å². The summed E-state index contributed by atoms with van der Waals surface area (Å²) < 4.78 is 2.00. The highest BCUT2D eigenvalue weighted by molar-refractivity contribution is 5.30. The van der Waals surface area contributed by atoms with E-state index in [-0.39, 0.29) is 6.10 Å². The summed E-state index contributed by atoms with van der Waals surface area (Å²) in [6.07, 6.45) is 9.77. The monoisotopic (exact) mass is 260 g/mol. The molecule has 0 radical (unpaired) electrons. The van der Waals surface area contributed by atoms with Crippen molar-refractivity contribution in [3.8, 4) is 0 Å². The number of fused-ring (bicyclic) bond motifs is 1. The summed E-state index contributed by atoms with van der Waals surface area (Å²) in [4.78, 5) is 8.47. The SMILES string of the molecule is OC1CCCC(CNCc2cnc3ncccn23)C1. The molecule has 102 valence electrons. The Morgan fingerprint density at radius 2 is 2.32 bits per heavy atom. The van der Waals surface area contributed by atoms with Crippen LogP contribution in [-0.2, 0) is 6.54 Å². The summed E-state index contributed by atoms with van der Waals surface area (Å²) in [5, 5.41) is 13.1. The van der Waals surface area contributed by atoms with E-state index in [9.17, 15) is 5.11 Å². The molecule has 5 heteroatoms. The van der Waals surface area contributed by atoms with Gasteiger partial charge in [0, 0.05) is 18.9 Å². The van der Waals surface area contributed by atoms with Gasteiger partial charge in [0.1, 0.15) is 0 Å². The molecule has 3 rings (SSSR count). The topological polar surface area (TPSA) is 62.5 Å². The molecule has 2 unspecified atom stereocenters. The molecule has 1 aliphatic carbocycles. The maximum absolute atomic E-state index is 9.65. The Balaban J connectivity index is 1.55. The van der Waals surface area contributed by atoms with E-state index in [0.717, 1.165) is 43.8 Å². The van der Waals surface area contributed by atoms with Gasteiger partial charge in [-0.25, -0.2) is 9.97 Å². The quantitative estimate of drug-likeness (QED) is 0.871. The summed E-state index contributed by atoms with van der Waals surface area (Å²) in [6, 6.07) is 1.91.